The van der Waals surface area contributed by atoms with Crippen molar-refractivity contribution in [2.24, 2.45) is 0 Å². The van der Waals surface area contributed by atoms with Crippen LogP contribution in [0.25, 0.3) is 10.2 Å². The van der Waals surface area contributed by atoms with Crippen molar-refractivity contribution in [3.05, 3.63) is 69.3 Å². The van der Waals surface area contributed by atoms with Gasteiger partial charge in [-0.3, -0.25) is 24.4 Å². The smallest absolute Gasteiger partial charge is 0.318 e. The molecule has 9 nitrogen and oxygen atoms in total. The predicted molar refractivity (Wildman–Crippen MR) is 132 cm³/mol. The fraction of sp³-hybridized carbons (Fsp3) is 0.261. The summed E-state index contributed by atoms with van der Waals surface area (Å²) < 4.78 is 1.46. The molecule has 1 aliphatic rings. The molecular formula is C23H23N5O4S2. The van der Waals surface area contributed by atoms with Crippen LogP contribution in [0.4, 0.5) is 4.79 Å². The number of allylic oxidation sites excluding steroid dienone is 1. The van der Waals surface area contributed by atoms with Crippen LogP contribution in [-0.4, -0.2) is 38.2 Å². The Hall–Kier alpha value is -3.44. The summed E-state index contributed by atoms with van der Waals surface area (Å²) in [5.41, 5.74) is 2.39. The second kappa shape index (κ2) is 9.07. The number of fused-ring (bicyclic) bond motifs is 1. The van der Waals surface area contributed by atoms with Crippen LogP contribution in [0, 0.1) is 13.8 Å². The van der Waals surface area contributed by atoms with Gasteiger partial charge in [0.2, 0.25) is 5.91 Å². The van der Waals surface area contributed by atoms with Gasteiger partial charge in [0.1, 0.15) is 10.4 Å². The Bertz CT molecular complexity index is 1380. The number of rotatable bonds is 7. The topological polar surface area (TPSA) is 113 Å². The first-order valence-corrected chi connectivity index (χ1v) is 12.2. The van der Waals surface area contributed by atoms with E-state index in [9.17, 15) is 19.2 Å². The van der Waals surface area contributed by atoms with E-state index in [1.807, 2.05) is 13.8 Å². The minimum atomic E-state index is -1.29. The van der Waals surface area contributed by atoms with Gasteiger partial charge in [-0.25, -0.2) is 9.78 Å². The molecule has 1 atom stereocenters. The molecule has 1 aliphatic heterocycles. The Balaban J connectivity index is 1.52. The lowest BCUT2D eigenvalue weighted by Crippen LogP contribution is -2.48. The zero-order valence-electron chi connectivity index (χ0n) is 18.9. The first kappa shape index (κ1) is 23.7. The van der Waals surface area contributed by atoms with Crippen molar-refractivity contribution in [2.45, 2.75) is 38.0 Å². The molecule has 34 heavy (non-hydrogen) atoms. The van der Waals surface area contributed by atoms with Crippen LogP contribution < -0.4 is 16.3 Å². The third kappa shape index (κ3) is 4.01. The highest BCUT2D eigenvalue weighted by Gasteiger charge is 2.49. The summed E-state index contributed by atoms with van der Waals surface area (Å²) >= 11 is 2.47. The molecule has 0 spiro atoms. The summed E-state index contributed by atoms with van der Waals surface area (Å²) in [5, 5.41) is 4.25. The van der Waals surface area contributed by atoms with Crippen LogP contribution in [-0.2, 0) is 21.7 Å². The summed E-state index contributed by atoms with van der Waals surface area (Å²) in [6.07, 6.45) is 1.59. The van der Waals surface area contributed by atoms with Gasteiger partial charge < -0.3 is 5.32 Å². The molecule has 1 aromatic carbocycles. The predicted octanol–water partition coefficient (Wildman–Crippen LogP) is 2.85. The molecule has 0 bridgehead atoms. The summed E-state index contributed by atoms with van der Waals surface area (Å²) in [6, 6.07) is 8.08. The number of aryl methyl sites for hydroxylation is 2. The molecule has 1 unspecified atom stereocenters. The van der Waals surface area contributed by atoms with Gasteiger partial charge in [-0.05, 0) is 31.9 Å². The van der Waals surface area contributed by atoms with Gasteiger partial charge in [-0.2, -0.15) is 5.01 Å². The van der Waals surface area contributed by atoms with E-state index in [0.29, 0.717) is 25.9 Å². The third-order valence-corrected chi connectivity index (χ3v) is 7.75. The first-order valence-electron chi connectivity index (χ1n) is 10.4. The molecule has 2 N–H and O–H groups in total. The number of imide groups is 1. The second-order valence-corrected chi connectivity index (χ2v) is 10.1. The summed E-state index contributed by atoms with van der Waals surface area (Å²) in [6.45, 7) is 9.34. The summed E-state index contributed by atoms with van der Waals surface area (Å²) in [5.74, 6) is -1.32. The largest absolute Gasteiger partial charge is 0.344 e. The van der Waals surface area contributed by atoms with Gasteiger partial charge in [-0.15, -0.1) is 17.9 Å². The van der Waals surface area contributed by atoms with Gasteiger partial charge in [0, 0.05) is 11.4 Å². The molecule has 0 aliphatic carbocycles. The van der Waals surface area contributed by atoms with E-state index in [1.54, 1.807) is 43.3 Å². The van der Waals surface area contributed by atoms with Gasteiger partial charge in [-0.1, -0.05) is 48.2 Å². The Kier molecular flexibility index (Phi) is 6.32. The van der Waals surface area contributed by atoms with E-state index in [1.165, 1.54) is 15.9 Å². The Morgan fingerprint density at radius 3 is 2.65 bits per heavy atom. The highest BCUT2D eigenvalue weighted by molar-refractivity contribution is 7.99. The fourth-order valence-corrected chi connectivity index (χ4v) is 5.58. The van der Waals surface area contributed by atoms with E-state index in [2.05, 4.69) is 22.3 Å². The average Bonchev–Trinajstić information content (AvgIpc) is 3.22. The van der Waals surface area contributed by atoms with Crippen molar-refractivity contribution >= 4 is 51.2 Å². The maximum absolute atomic E-state index is 13.1. The number of benzene rings is 1. The van der Waals surface area contributed by atoms with Crippen molar-refractivity contribution in [3.8, 4) is 0 Å². The molecule has 4 amide bonds. The van der Waals surface area contributed by atoms with Crippen molar-refractivity contribution in [1.82, 2.24) is 25.3 Å². The zero-order chi connectivity index (χ0) is 24.6. The molecule has 1 fully saturated rings. The number of amides is 4. The number of thiophene rings is 1. The molecule has 1 saturated heterocycles. The maximum atomic E-state index is 13.1. The van der Waals surface area contributed by atoms with Crippen molar-refractivity contribution in [2.75, 3.05) is 5.75 Å². The average molecular weight is 498 g/mol. The highest BCUT2D eigenvalue weighted by atomic mass is 32.2. The molecule has 3 aromatic rings. The lowest BCUT2D eigenvalue weighted by atomic mass is 9.92. The Morgan fingerprint density at radius 2 is 1.97 bits per heavy atom. The molecular weight excluding hydrogens is 474 g/mol. The van der Waals surface area contributed by atoms with Crippen LogP contribution in [0.15, 0.2) is 52.9 Å². The number of thioether (sulfide) groups is 1. The SMILES string of the molecule is C=CCn1c(SCC(=O)NN2C(=O)NC(C)(c3ccccc3)C2=O)nc2sc(C)c(C)c2c1=O. The molecule has 11 heteroatoms. The van der Waals surface area contributed by atoms with Crippen LogP contribution >= 0.6 is 23.1 Å². The molecule has 3 heterocycles. The number of nitrogens with one attached hydrogen (secondary N) is 2. The van der Waals surface area contributed by atoms with Crippen LogP contribution in [0.1, 0.15) is 22.9 Å². The van der Waals surface area contributed by atoms with Gasteiger partial charge in [0.25, 0.3) is 11.5 Å². The first-order chi connectivity index (χ1) is 16.2. The number of nitrogens with zero attached hydrogens (tertiary/aromatic N) is 3. The summed E-state index contributed by atoms with van der Waals surface area (Å²) in [4.78, 5) is 57.3. The Labute approximate surface area is 203 Å². The number of hydrogen-bond donors (Lipinski definition) is 2. The quantitative estimate of drug-likeness (QED) is 0.225. The van der Waals surface area contributed by atoms with E-state index in [-0.39, 0.29) is 17.9 Å². The Morgan fingerprint density at radius 1 is 1.26 bits per heavy atom. The number of aromatic nitrogens is 2. The minimum Gasteiger partial charge on any atom is -0.318 e. The third-order valence-electron chi connectivity index (χ3n) is 5.68. The van der Waals surface area contributed by atoms with E-state index >= 15 is 0 Å². The monoisotopic (exact) mass is 497 g/mol. The maximum Gasteiger partial charge on any atom is 0.344 e. The lowest BCUT2D eigenvalue weighted by molar-refractivity contribution is -0.138. The molecule has 176 valence electrons. The standard InChI is InChI=1S/C23H23N5O4S2/c1-5-11-27-19(30)17-13(2)14(3)34-18(17)24-22(27)33-12-16(29)26-28-20(31)23(4,25-21(28)32)15-9-7-6-8-10-15/h5-10H,1,11-12H2,2-4H3,(H,25,32)(H,26,29). The molecule has 2 aromatic heterocycles. The number of hydrogen-bond acceptors (Lipinski definition) is 7. The minimum absolute atomic E-state index is 0.155. The lowest BCUT2D eigenvalue weighted by Gasteiger charge is -2.22. The van der Waals surface area contributed by atoms with E-state index < -0.39 is 23.4 Å². The fourth-order valence-electron chi connectivity index (χ4n) is 3.70. The van der Waals surface area contributed by atoms with Crippen LogP contribution in [0.3, 0.4) is 0 Å². The molecule has 4 rings (SSSR count). The van der Waals surface area contributed by atoms with Gasteiger partial charge >= 0.3 is 6.03 Å². The van der Waals surface area contributed by atoms with Crippen molar-refractivity contribution < 1.29 is 14.4 Å². The van der Waals surface area contributed by atoms with Gasteiger partial charge in [0.15, 0.2) is 5.16 Å². The number of carbonyl (C=O) groups is 3. The number of carbonyl (C=O) groups excluding carboxylic acids is 3. The molecule has 0 saturated carbocycles. The second-order valence-electron chi connectivity index (χ2n) is 7.95. The van der Waals surface area contributed by atoms with Gasteiger partial charge in [0.05, 0.1) is 11.1 Å². The summed E-state index contributed by atoms with van der Waals surface area (Å²) in [7, 11) is 0. The van der Waals surface area contributed by atoms with Crippen LogP contribution in [0.2, 0.25) is 0 Å². The normalized spacial score (nSPS) is 17.8. The number of hydrazine groups is 1. The van der Waals surface area contributed by atoms with E-state index in [0.717, 1.165) is 22.2 Å². The zero-order valence-corrected chi connectivity index (χ0v) is 20.5. The number of urea groups is 1. The van der Waals surface area contributed by atoms with Crippen molar-refractivity contribution in [1.29, 1.82) is 0 Å². The van der Waals surface area contributed by atoms with Crippen LogP contribution in [0.5, 0.6) is 0 Å². The van der Waals surface area contributed by atoms with Crippen molar-refractivity contribution in [3.63, 3.8) is 0 Å². The molecule has 0 radical (unpaired) electrons. The van der Waals surface area contributed by atoms with E-state index in [4.69, 9.17) is 0 Å². The highest BCUT2D eigenvalue weighted by Crippen LogP contribution is 2.29.